The van der Waals surface area contributed by atoms with Gasteiger partial charge in [-0.25, -0.2) is 0 Å². The zero-order valence-electron chi connectivity index (χ0n) is 12.7. The van der Waals surface area contributed by atoms with Crippen LogP contribution in [0.1, 0.15) is 23.2 Å². The number of nitrogens with zero attached hydrogens (tertiary/aromatic N) is 2. The molecule has 5 nitrogen and oxygen atoms in total. The van der Waals surface area contributed by atoms with E-state index in [4.69, 9.17) is 0 Å². The average molecular weight is 299 g/mol. The lowest BCUT2D eigenvalue weighted by atomic mass is 10.0. The van der Waals surface area contributed by atoms with Gasteiger partial charge in [0.1, 0.15) is 0 Å². The van der Waals surface area contributed by atoms with Crippen LogP contribution in [0.4, 0.5) is 0 Å². The van der Waals surface area contributed by atoms with Crippen molar-refractivity contribution in [2.45, 2.75) is 32.2 Å². The van der Waals surface area contributed by atoms with Crippen LogP contribution in [0.2, 0.25) is 0 Å². The smallest absolute Gasteiger partial charge is 0.220 e. The first kappa shape index (κ1) is 16.1. The molecule has 22 heavy (non-hydrogen) atoms. The first-order valence-corrected chi connectivity index (χ1v) is 7.38. The van der Waals surface area contributed by atoms with Crippen LogP contribution in [0.15, 0.2) is 42.9 Å². The van der Waals surface area contributed by atoms with Crippen molar-refractivity contribution in [3.8, 4) is 0 Å². The SMILES string of the molecule is Cc1ccccc1C[C@H](CO)NC(=O)CCc1cnccn1. The summed E-state index contributed by atoms with van der Waals surface area (Å²) in [4.78, 5) is 20.1. The summed E-state index contributed by atoms with van der Waals surface area (Å²) in [6.45, 7) is 1.95. The number of carbonyl (C=O) groups excluding carboxylic acids is 1. The molecule has 1 amide bonds. The number of aliphatic hydroxyl groups excluding tert-OH is 1. The molecular weight excluding hydrogens is 278 g/mol. The highest BCUT2D eigenvalue weighted by Crippen LogP contribution is 2.10. The second-order valence-corrected chi connectivity index (χ2v) is 5.27. The molecular formula is C17H21N3O2. The number of nitrogens with one attached hydrogen (secondary N) is 1. The first-order valence-electron chi connectivity index (χ1n) is 7.38. The van der Waals surface area contributed by atoms with E-state index in [1.54, 1.807) is 18.6 Å². The number of aromatic nitrogens is 2. The monoisotopic (exact) mass is 299 g/mol. The summed E-state index contributed by atoms with van der Waals surface area (Å²) < 4.78 is 0. The fourth-order valence-electron chi connectivity index (χ4n) is 2.27. The van der Waals surface area contributed by atoms with Crippen molar-refractivity contribution in [3.63, 3.8) is 0 Å². The number of aliphatic hydroxyl groups is 1. The van der Waals surface area contributed by atoms with E-state index in [1.165, 1.54) is 0 Å². The third-order valence-electron chi connectivity index (χ3n) is 3.54. The largest absolute Gasteiger partial charge is 0.394 e. The van der Waals surface area contributed by atoms with Gasteiger partial charge in [-0.2, -0.15) is 0 Å². The van der Waals surface area contributed by atoms with Crippen molar-refractivity contribution in [3.05, 3.63) is 59.7 Å². The van der Waals surface area contributed by atoms with E-state index in [2.05, 4.69) is 15.3 Å². The van der Waals surface area contributed by atoms with Gasteiger partial charge in [-0.15, -0.1) is 0 Å². The molecule has 2 N–H and O–H groups in total. The second-order valence-electron chi connectivity index (χ2n) is 5.27. The first-order chi connectivity index (χ1) is 10.7. The molecule has 1 heterocycles. The minimum atomic E-state index is -0.268. The molecule has 0 saturated carbocycles. The molecule has 1 aromatic carbocycles. The Morgan fingerprint density at radius 1 is 1.32 bits per heavy atom. The van der Waals surface area contributed by atoms with Gasteiger partial charge in [0.05, 0.1) is 18.3 Å². The molecule has 2 aromatic rings. The van der Waals surface area contributed by atoms with Crippen molar-refractivity contribution in [2.24, 2.45) is 0 Å². The van der Waals surface area contributed by atoms with Gasteiger partial charge < -0.3 is 10.4 Å². The molecule has 0 radical (unpaired) electrons. The van der Waals surface area contributed by atoms with Gasteiger partial charge in [-0.1, -0.05) is 24.3 Å². The van der Waals surface area contributed by atoms with Crippen molar-refractivity contribution >= 4 is 5.91 Å². The predicted molar refractivity (Wildman–Crippen MR) is 84.3 cm³/mol. The number of aryl methyl sites for hydroxylation is 2. The number of benzene rings is 1. The zero-order valence-corrected chi connectivity index (χ0v) is 12.7. The van der Waals surface area contributed by atoms with E-state index in [1.807, 2.05) is 31.2 Å². The molecule has 0 fully saturated rings. The molecule has 0 aliphatic rings. The maximum absolute atomic E-state index is 12.0. The number of hydrogen-bond acceptors (Lipinski definition) is 4. The highest BCUT2D eigenvalue weighted by atomic mass is 16.3. The highest BCUT2D eigenvalue weighted by molar-refractivity contribution is 5.76. The highest BCUT2D eigenvalue weighted by Gasteiger charge is 2.13. The Morgan fingerprint density at radius 2 is 2.14 bits per heavy atom. The van der Waals surface area contributed by atoms with E-state index >= 15 is 0 Å². The third-order valence-corrected chi connectivity index (χ3v) is 3.54. The molecule has 0 bridgehead atoms. The van der Waals surface area contributed by atoms with Crippen molar-refractivity contribution in [1.82, 2.24) is 15.3 Å². The van der Waals surface area contributed by atoms with Crippen LogP contribution >= 0.6 is 0 Å². The number of amides is 1. The number of carbonyl (C=O) groups is 1. The quantitative estimate of drug-likeness (QED) is 0.811. The van der Waals surface area contributed by atoms with E-state index in [-0.39, 0.29) is 18.6 Å². The Labute approximate surface area is 130 Å². The van der Waals surface area contributed by atoms with E-state index in [0.29, 0.717) is 19.3 Å². The van der Waals surface area contributed by atoms with Crippen LogP contribution in [0, 0.1) is 6.92 Å². The Balaban J connectivity index is 1.84. The maximum atomic E-state index is 12.0. The molecule has 0 unspecified atom stereocenters. The van der Waals surface area contributed by atoms with Crippen molar-refractivity contribution in [1.29, 1.82) is 0 Å². The standard InChI is InChI=1S/C17H21N3O2/c1-13-4-2-3-5-14(13)10-16(12-21)20-17(22)7-6-15-11-18-8-9-19-15/h2-5,8-9,11,16,21H,6-7,10,12H2,1H3,(H,20,22)/t16-/m1/s1. The van der Waals surface area contributed by atoms with Gasteiger partial charge >= 0.3 is 0 Å². The molecule has 1 atom stereocenters. The lowest BCUT2D eigenvalue weighted by Crippen LogP contribution is -2.39. The molecule has 0 aliphatic heterocycles. The van der Waals surface area contributed by atoms with Crippen molar-refractivity contribution in [2.75, 3.05) is 6.61 Å². The van der Waals surface area contributed by atoms with Gasteiger partial charge in [-0.3, -0.25) is 14.8 Å². The molecule has 1 aromatic heterocycles. The summed E-state index contributed by atoms with van der Waals surface area (Å²) in [7, 11) is 0. The van der Waals surface area contributed by atoms with Gasteiger partial charge in [-0.05, 0) is 30.9 Å². The van der Waals surface area contributed by atoms with Crippen LogP contribution in [-0.2, 0) is 17.6 Å². The van der Waals surface area contributed by atoms with Crippen LogP contribution in [-0.4, -0.2) is 33.6 Å². The number of hydrogen-bond donors (Lipinski definition) is 2. The number of rotatable bonds is 7. The second kappa shape index (κ2) is 8.24. The van der Waals surface area contributed by atoms with Gasteiger partial charge in [0.15, 0.2) is 0 Å². The van der Waals surface area contributed by atoms with Crippen LogP contribution in [0.3, 0.4) is 0 Å². The van der Waals surface area contributed by atoms with Crippen LogP contribution in [0.25, 0.3) is 0 Å². The van der Waals surface area contributed by atoms with Crippen LogP contribution in [0.5, 0.6) is 0 Å². The summed E-state index contributed by atoms with van der Waals surface area (Å²) in [5, 5.41) is 12.4. The van der Waals surface area contributed by atoms with Gasteiger partial charge in [0.2, 0.25) is 5.91 Å². The lowest BCUT2D eigenvalue weighted by molar-refractivity contribution is -0.122. The van der Waals surface area contributed by atoms with E-state index < -0.39 is 0 Å². The molecule has 0 spiro atoms. The fraction of sp³-hybridized carbons (Fsp3) is 0.353. The predicted octanol–water partition coefficient (Wildman–Crippen LogP) is 1.44. The summed E-state index contributed by atoms with van der Waals surface area (Å²) in [5.74, 6) is -0.0849. The molecule has 0 aliphatic carbocycles. The third kappa shape index (κ3) is 4.93. The normalized spacial score (nSPS) is 11.9. The Hall–Kier alpha value is -2.27. The summed E-state index contributed by atoms with van der Waals surface area (Å²) in [5.41, 5.74) is 3.09. The molecule has 0 saturated heterocycles. The summed E-state index contributed by atoms with van der Waals surface area (Å²) in [6, 6.07) is 7.72. The maximum Gasteiger partial charge on any atom is 0.220 e. The Morgan fingerprint density at radius 3 is 2.82 bits per heavy atom. The minimum Gasteiger partial charge on any atom is -0.394 e. The topological polar surface area (TPSA) is 75.1 Å². The van der Waals surface area contributed by atoms with Gasteiger partial charge in [0, 0.05) is 25.0 Å². The van der Waals surface area contributed by atoms with Gasteiger partial charge in [0.25, 0.3) is 0 Å². The minimum absolute atomic E-state index is 0.0782. The van der Waals surface area contributed by atoms with Crippen molar-refractivity contribution < 1.29 is 9.90 Å². The van der Waals surface area contributed by atoms with Crippen LogP contribution < -0.4 is 5.32 Å². The molecule has 5 heteroatoms. The average Bonchev–Trinajstić information content (AvgIpc) is 2.55. The Bertz CT molecular complexity index is 602. The van der Waals surface area contributed by atoms with E-state index in [9.17, 15) is 9.90 Å². The lowest BCUT2D eigenvalue weighted by Gasteiger charge is -2.17. The van der Waals surface area contributed by atoms with E-state index in [0.717, 1.165) is 16.8 Å². The zero-order chi connectivity index (χ0) is 15.8. The molecule has 2 rings (SSSR count). The Kier molecular flexibility index (Phi) is 6.03. The molecule has 116 valence electrons. The fourth-order valence-corrected chi connectivity index (χ4v) is 2.27. The summed E-state index contributed by atoms with van der Waals surface area (Å²) in [6.07, 6.45) is 6.38. The summed E-state index contributed by atoms with van der Waals surface area (Å²) >= 11 is 0.